The number of carbonyl (C=O) groups excluding carboxylic acids is 5. The average molecular weight is 889 g/mol. The van der Waals surface area contributed by atoms with Crippen molar-refractivity contribution in [3.63, 3.8) is 0 Å². The molecular formula is C47H80N6O10. The lowest BCUT2D eigenvalue weighted by Crippen LogP contribution is -2.60. The van der Waals surface area contributed by atoms with Crippen LogP contribution in [0.15, 0.2) is 30.3 Å². The van der Waals surface area contributed by atoms with E-state index < -0.39 is 71.9 Å². The average Bonchev–Trinajstić information content (AvgIpc) is 3.70. The summed E-state index contributed by atoms with van der Waals surface area (Å²) in [4.78, 5) is 86.0. The molecule has 1 aliphatic heterocycles. The van der Waals surface area contributed by atoms with E-state index in [1.54, 1.807) is 44.5 Å². The Morgan fingerprint density at radius 2 is 1.54 bits per heavy atom. The minimum Gasteiger partial charge on any atom is -0.480 e. The summed E-state index contributed by atoms with van der Waals surface area (Å²) in [7, 11) is 6.57. The number of carboxylic acid groups (broad SMARTS) is 1. The highest BCUT2D eigenvalue weighted by molar-refractivity contribution is 5.90. The SMILES string of the molecule is CC[C@H](C)[C@@H]([C@@H](CC(=O)N1CCC[C@H]1C(OC)[C@@H](C)C(=O)N[C@@H](Cc1ccccc1)C(=O)O)OC)N(C)C(=O)[C@@H](NC(=O)[C@H](C(C)C)N(C)CCCNC(=O)OC(C)(C)C)C(C)C. The van der Waals surface area contributed by atoms with E-state index in [-0.39, 0.29) is 48.3 Å². The van der Waals surface area contributed by atoms with Crippen molar-refractivity contribution < 1.29 is 48.1 Å². The molecule has 0 aromatic heterocycles. The minimum absolute atomic E-state index is 0.0451. The molecule has 0 saturated carbocycles. The first kappa shape index (κ1) is 54.9. The number of likely N-dealkylation sites (tertiary alicyclic amines) is 1. The van der Waals surface area contributed by atoms with Gasteiger partial charge in [0.15, 0.2) is 0 Å². The van der Waals surface area contributed by atoms with E-state index in [1.807, 2.05) is 83.8 Å². The lowest BCUT2D eigenvalue weighted by Gasteiger charge is -2.41. The number of carbonyl (C=O) groups is 6. The number of benzene rings is 1. The Morgan fingerprint density at radius 1 is 0.905 bits per heavy atom. The van der Waals surface area contributed by atoms with Gasteiger partial charge in [0.25, 0.3) is 0 Å². The van der Waals surface area contributed by atoms with E-state index in [0.717, 1.165) is 5.56 Å². The van der Waals surface area contributed by atoms with Crippen LogP contribution in [0.4, 0.5) is 4.79 Å². The van der Waals surface area contributed by atoms with Crippen molar-refractivity contribution in [1.29, 1.82) is 0 Å². The summed E-state index contributed by atoms with van der Waals surface area (Å²) in [6.45, 7) is 20.1. The van der Waals surface area contributed by atoms with E-state index in [2.05, 4.69) is 16.0 Å². The second kappa shape index (κ2) is 25.9. The Morgan fingerprint density at radius 3 is 2.06 bits per heavy atom. The molecule has 1 saturated heterocycles. The first-order valence-corrected chi connectivity index (χ1v) is 22.7. The van der Waals surface area contributed by atoms with Crippen molar-refractivity contribution in [1.82, 2.24) is 30.7 Å². The van der Waals surface area contributed by atoms with Crippen molar-refractivity contribution in [3.8, 4) is 0 Å². The summed E-state index contributed by atoms with van der Waals surface area (Å²) in [5.74, 6) is -3.64. The van der Waals surface area contributed by atoms with Gasteiger partial charge in [0.1, 0.15) is 17.7 Å². The normalized spacial score (nSPS) is 18.2. The molecule has 1 aromatic rings. The van der Waals surface area contributed by atoms with Gasteiger partial charge >= 0.3 is 12.1 Å². The monoisotopic (exact) mass is 889 g/mol. The van der Waals surface area contributed by atoms with E-state index in [1.165, 1.54) is 14.2 Å². The van der Waals surface area contributed by atoms with Crippen molar-refractivity contribution in [2.45, 2.75) is 156 Å². The minimum atomic E-state index is -1.15. The summed E-state index contributed by atoms with van der Waals surface area (Å²) in [5.41, 5.74) is 0.168. The van der Waals surface area contributed by atoms with Crippen molar-refractivity contribution in [2.24, 2.45) is 23.7 Å². The van der Waals surface area contributed by atoms with Crippen LogP contribution < -0.4 is 16.0 Å². The molecule has 9 atom stereocenters. The Hall–Kier alpha value is -4.28. The molecule has 5 amide bonds. The van der Waals surface area contributed by atoms with Crippen LogP contribution in [0.5, 0.6) is 0 Å². The van der Waals surface area contributed by atoms with Crippen LogP contribution in [0.25, 0.3) is 0 Å². The first-order chi connectivity index (χ1) is 29.5. The molecule has 16 heteroatoms. The number of methoxy groups -OCH3 is 2. The quantitative estimate of drug-likeness (QED) is 0.0992. The molecule has 1 aliphatic rings. The van der Waals surface area contributed by atoms with E-state index >= 15 is 0 Å². The van der Waals surface area contributed by atoms with E-state index in [4.69, 9.17) is 14.2 Å². The molecular weight excluding hydrogens is 809 g/mol. The summed E-state index contributed by atoms with van der Waals surface area (Å²) in [5, 5.41) is 18.4. The molecule has 0 aliphatic carbocycles. The highest BCUT2D eigenvalue weighted by Gasteiger charge is 2.43. The number of alkyl carbamates (subject to hydrolysis) is 1. The Labute approximate surface area is 376 Å². The molecule has 63 heavy (non-hydrogen) atoms. The van der Waals surface area contributed by atoms with Crippen molar-refractivity contribution >= 4 is 35.7 Å². The van der Waals surface area contributed by atoms with Gasteiger partial charge in [-0.05, 0) is 70.4 Å². The molecule has 0 bridgehead atoms. The van der Waals surface area contributed by atoms with Crippen LogP contribution in [0, 0.1) is 23.7 Å². The van der Waals surface area contributed by atoms with Crippen LogP contribution in [-0.4, -0.2) is 151 Å². The molecule has 358 valence electrons. The summed E-state index contributed by atoms with van der Waals surface area (Å²) in [6.07, 6.45) is 0.697. The molecule has 16 nitrogen and oxygen atoms in total. The van der Waals surface area contributed by atoms with Gasteiger partial charge in [-0.2, -0.15) is 0 Å². The number of carboxylic acids is 1. The van der Waals surface area contributed by atoms with Gasteiger partial charge < -0.3 is 45.1 Å². The van der Waals surface area contributed by atoms with Gasteiger partial charge in [-0.3, -0.25) is 24.1 Å². The Kier molecular flexibility index (Phi) is 22.5. The third kappa shape index (κ3) is 16.7. The lowest BCUT2D eigenvalue weighted by molar-refractivity contribution is -0.148. The zero-order valence-electron chi connectivity index (χ0n) is 40.6. The van der Waals surface area contributed by atoms with Crippen molar-refractivity contribution in [3.05, 3.63) is 35.9 Å². The van der Waals surface area contributed by atoms with Crippen LogP contribution in [0.1, 0.15) is 107 Å². The topological polar surface area (TPSA) is 196 Å². The fourth-order valence-corrected chi connectivity index (χ4v) is 8.61. The molecule has 4 N–H and O–H groups in total. The number of hydrogen-bond donors (Lipinski definition) is 4. The van der Waals surface area contributed by atoms with E-state index in [9.17, 15) is 33.9 Å². The number of rotatable bonds is 25. The fourth-order valence-electron chi connectivity index (χ4n) is 8.61. The predicted molar refractivity (Wildman–Crippen MR) is 243 cm³/mol. The maximum atomic E-state index is 14.5. The second-order valence-corrected chi connectivity index (χ2v) is 18.9. The van der Waals surface area contributed by atoms with Gasteiger partial charge in [-0.25, -0.2) is 9.59 Å². The van der Waals surface area contributed by atoms with Crippen LogP contribution in [-0.2, 0) is 44.6 Å². The smallest absolute Gasteiger partial charge is 0.407 e. The number of aliphatic carboxylic acids is 1. The number of likely N-dealkylation sites (N-methyl/N-ethyl adjacent to an activating group) is 2. The number of hydrogen-bond acceptors (Lipinski definition) is 10. The second-order valence-electron chi connectivity index (χ2n) is 18.9. The molecule has 1 heterocycles. The van der Waals surface area contributed by atoms with Gasteiger partial charge in [0, 0.05) is 47.3 Å². The molecule has 1 aromatic carbocycles. The highest BCUT2D eigenvalue weighted by atomic mass is 16.6. The number of nitrogens with zero attached hydrogens (tertiary/aromatic N) is 3. The Bertz CT molecular complexity index is 1620. The van der Waals surface area contributed by atoms with Crippen LogP contribution in [0.3, 0.4) is 0 Å². The van der Waals surface area contributed by atoms with Gasteiger partial charge in [-0.1, -0.05) is 85.2 Å². The zero-order valence-corrected chi connectivity index (χ0v) is 40.6. The van der Waals surface area contributed by atoms with Crippen molar-refractivity contribution in [2.75, 3.05) is 47.9 Å². The lowest BCUT2D eigenvalue weighted by atomic mass is 9.89. The molecule has 0 spiro atoms. The molecule has 2 rings (SSSR count). The highest BCUT2D eigenvalue weighted by Crippen LogP contribution is 2.30. The fraction of sp³-hybridized carbons (Fsp3) is 0.745. The van der Waals surface area contributed by atoms with Crippen LogP contribution >= 0.6 is 0 Å². The molecule has 0 radical (unpaired) electrons. The first-order valence-electron chi connectivity index (χ1n) is 22.7. The molecule has 1 unspecified atom stereocenters. The maximum absolute atomic E-state index is 14.5. The maximum Gasteiger partial charge on any atom is 0.407 e. The summed E-state index contributed by atoms with van der Waals surface area (Å²) in [6, 6.07) is 5.54. The zero-order chi connectivity index (χ0) is 47.8. The molecule has 1 fully saturated rings. The number of nitrogens with one attached hydrogen (secondary N) is 3. The summed E-state index contributed by atoms with van der Waals surface area (Å²) >= 11 is 0. The third-order valence-electron chi connectivity index (χ3n) is 12.1. The van der Waals surface area contributed by atoms with Gasteiger partial charge in [-0.15, -0.1) is 0 Å². The summed E-state index contributed by atoms with van der Waals surface area (Å²) < 4.78 is 17.3. The number of ether oxygens (including phenoxy) is 3. The van der Waals surface area contributed by atoms with Gasteiger partial charge in [0.2, 0.25) is 23.6 Å². The standard InChI is InChI=1S/C47H80N6O10/c1-15-31(6)40(52(12)44(57)38(29(2)3)50-43(56)39(30(4)5)51(11)25-20-24-48-46(60)63-47(8,9)10)36(61-13)28-37(54)53-26-19-23-35(53)41(62-14)32(7)42(55)49-34(45(58)59)27-33-21-17-16-18-22-33/h16-18,21-22,29-32,34-36,38-41H,15,19-20,23-28H2,1-14H3,(H,48,60)(H,49,55)(H,50,56)(H,58,59)/t31-,32+,34-,35-,36+,38-,39-,40-,41?/m0/s1. The predicted octanol–water partition coefficient (Wildman–Crippen LogP) is 4.73. The number of amides is 5. The van der Waals surface area contributed by atoms with Gasteiger partial charge in [0.05, 0.1) is 42.7 Å². The van der Waals surface area contributed by atoms with Crippen LogP contribution in [0.2, 0.25) is 0 Å². The Balaban J connectivity index is 2.23. The third-order valence-corrected chi connectivity index (χ3v) is 12.1. The largest absolute Gasteiger partial charge is 0.480 e. The van der Waals surface area contributed by atoms with E-state index in [0.29, 0.717) is 45.3 Å².